The van der Waals surface area contributed by atoms with E-state index in [1.54, 1.807) is 12.3 Å². The van der Waals surface area contributed by atoms with E-state index in [-0.39, 0.29) is 18.0 Å². The van der Waals surface area contributed by atoms with Gasteiger partial charge in [-0.05, 0) is 30.7 Å². The standard InChI is InChI=1S/C14H14F3N3O2S/c1-8-4-9(2-3-11(8)22-7-14(15,16)17)19-13(21)10-6-23-12(5-18)20-10/h2-4,6H,5,7,18H2,1H3,(H,19,21). The molecule has 0 aliphatic carbocycles. The molecule has 23 heavy (non-hydrogen) atoms. The molecular weight excluding hydrogens is 331 g/mol. The lowest BCUT2D eigenvalue weighted by Crippen LogP contribution is -2.19. The molecule has 0 saturated heterocycles. The maximum absolute atomic E-state index is 12.1. The van der Waals surface area contributed by atoms with Gasteiger partial charge in [-0.2, -0.15) is 13.2 Å². The van der Waals surface area contributed by atoms with Gasteiger partial charge in [0.05, 0.1) is 0 Å². The summed E-state index contributed by atoms with van der Waals surface area (Å²) < 4.78 is 41.1. The zero-order valence-electron chi connectivity index (χ0n) is 12.1. The Labute approximate surface area is 134 Å². The number of aromatic nitrogens is 1. The van der Waals surface area contributed by atoms with E-state index in [1.165, 1.54) is 29.5 Å². The monoisotopic (exact) mass is 345 g/mol. The van der Waals surface area contributed by atoms with E-state index in [4.69, 9.17) is 10.5 Å². The highest BCUT2D eigenvalue weighted by atomic mass is 32.1. The first-order valence-corrected chi connectivity index (χ1v) is 7.42. The predicted octanol–water partition coefficient (Wildman–Crippen LogP) is 3.10. The molecule has 0 atom stereocenters. The number of thiazole rings is 1. The Morgan fingerprint density at radius 1 is 1.43 bits per heavy atom. The number of amides is 1. The molecule has 9 heteroatoms. The number of ether oxygens (including phenoxy) is 1. The zero-order valence-corrected chi connectivity index (χ0v) is 12.9. The van der Waals surface area contributed by atoms with Crippen LogP contribution in [0.1, 0.15) is 21.1 Å². The SMILES string of the molecule is Cc1cc(NC(=O)c2csc(CN)n2)ccc1OCC(F)(F)F. The van der Waals surface area contributed by atoms with Gasteiger partial charge < -0.3 is 15.8 Å². The second-order valence-corrected chi connectivity index (χ2v) is 5.61. The van der Waals surface area contributed by atoms with Gasteiger partial charge in [-0.3, -0.25) is 4.79 Å². The van der Waals surface area contributed by atoms with Crippen molar-refractivity contribution >= 4 is 22.9 Å². The lowest BCUT2D eigenvalue weighted by atomic mass is 10.2. The van der Waals surface area contributed by atoms with Crippen LogP contribution in [-0.4, -0.2) is 23.7 Å². The van der Waals surface area contributed by atoms with E-state index in [2.05, 4.69) is 10.3 Å². The summed E-state index contributed by atoms with van der Waals surface area (Å²) in [4.78, 5) is 16.1. The number of nitrogens with zero attached hydrogens (tertiary/aromatic N) is 1. The molecule has 5 nitrogen and oxygen atoms in total. The average molecular weight is 345 g/mol. The van der Waals surface area contributed by atoms with E-state index in [0.717, 1.165) is 0 Å². The minimum atomic E-state index is -4.40. The maximum atomic E-state index is 12.1. The number of carbonyl (C=O) groups excluding carboxylic acids is 1. The van der Waals surface area contributed by atoms with Crippen LogP contribution in [0.2, 0.25) is 0 Å². The number of halogens is 3. The molecule has 2 rings (SSSR count). The molecule has 0 fully saturated rings. The minimum Gasteiger partial charge on any atom is -0.484 e. The summed E-state index contributed by atoms with van der Waals surface area (Å²) in [7, 11) is 0. The van der Waals surface area contributed by atoms with Gasteiger partial charge in [0.2, 0.25) is 0 Å². The number of alkyl halides is 3. The van der Waals surface area contributed by atoms with Crippen molar-refractivity contribution in [3.63, 3.8) is 0 Å². The van der Waals surface area contributed by atoms with Crippen LogP contribution in [0.25, 0.3) is 0 Å². The maximum Gasteiger partial charge on any atom is 0.422 e. The van der Waals surface area contributed by atoms with Crippen LogP contribution in [0.3, 0.4) is 0 Å². The summed E-state index contributed by atoms with van der Waals surface area (Å²) in [5.74, 6) is -0.302. The molecule has 0 saturated carbocycles. The van der Waals surface area contributed by atoms with Crippen LogP contribution in [0.15, 0.2) is 23.6 Å². The normalized spacial score (nSPS) is 11.3. The summed E-state index contributed by atoms with van der Waals surface area (Å²) in [6.45, 7) is 0.485. The molecule has 0 spiro atoms. The fourth-order valence-corrected chi connectivity index (χ4v) is 2.41. The Morgan fingerprint density at radius 3 is 2.74 bits per heavy atom. The fraction of sp³-hybridized carbons (Fsp3) is 0.286. The number of hydrogen-bond donors (Lipinski definition) is 2. The molecule has 124 valence electrons. The molecule has 1 aromatic carbocycles. The molecular formula is C14H14F3N3O2S. The molecule has 0 unspecified atom stereocenters. The van der Waals surface area contributed by atoms with Crippen molar-refractivity contribution in [3.8, 4) is 5.75 Å². The number of benzene rings is 1. The van der Waals surface area contributed by atoms with E-state index < -0.39 is 18.7 Å². The van der Waals surface area contributed by atoms with Crippen molar-refractivity contribution in [2.24, 2.45) is 5.73 Å². The van der Waals surface area contributed by atoms with Crippen molar-refractivity contribution in [3.05, 3.63) is 39.8 Å². The second-order valence-electron chi connectivity index (χ2n) is 4.67. The van der Waals surface area contributed by atoms with Crippen molar-refractivity contribution in [2.45, 2.75) is 19.6 Å². The molecule has 0 radical (unpaired) electrons. The molecule has 0 aliphatic heterocycles. The smallest absolute Gasteiger partial charge is 0.422 e. The van der Waals surface area contributed by atoms with Gasteiger partial charge in [-0.25, -0.2) is 4.98 Å². The van der Waals surface area contributed by atoms with E-state index in [9.17, 15) is 18.0 Å². The molecule has 0 aliphatic rings. The minimum absolute atomic E-state index is 0.111. The average Bonchev–Trinajstić information content (AvgIpc) is 2.94. The molecule has 3 N–H and O–H groups in total. The van der Waals surface area contributed by atoms with E-state index in [0.29, 0.717) is 16.3 Å². The van der Waals surface area contributed by atoms with Crippen LogP contribution in [0.4, 0.5) is 18.9 Å². The first-order valence-electron chi connectivity index (χ1n) is 6.54. The topological polar surface area (TPSA) is 77.2 Å². The van der Waals surface area contributed by atoms with Gasteiger partial charge >= 0.3 is 6.18 Å². The summed E-state index contributed by atoms with van der Waals surface area (Å²) in [5, 5.41) is 4.85. The van der Waals surface area contributed by atoms with Crippen molar-refractivity contribution in [2.75, 3.05) is 11.9 Å². The van der Waals surface area contributed by atoms with Gasteiger partial charge in [0, 0.05) is 17.6 Å². The molecule has 1 aromatic heterocycles. The largest absolute Gasteiger partial charge is 0.484 e. The number of nitrogens with one attached hydrogen (secondary N) is 1. The number of anilines is 1. The number of nitrogens with two attached hydrogens (primary N) is 1. The van der Waals surface area contributed by atoms with E-state index >= 15 is 0 Å². The Kier molecular flexibility index (Phi) is 5.22. The van der Waals surface area contributed by atoms with Crippen LogP contribution in [0.5, 0.6) is 5.75 Å². The van der Waals surface area contributed by atoms with Gasteiger partial charge in [0.1, 0.15) is 16.5 Å². The Balaban J connectivity index is 2.03. The predicted molar refractivity (Wildman–Crippen MR) is 80.7 cm³/mol. The third-order valence-corrected chi connectivity index (χ3v) is 3.65. The Morgan fingerprint density at radius 2 is 2.17 bits per heavy atom. The van der Waals surface area contributed by atoms with Crippen molar-refractivity contribution in [1.29, 1.82) is 0 Å². The van der Waals surface area contributed by atoms with Crippen LogP contribution in [-0.2, 0) is 6.54 Å². The highest BCUT2D eigenvalue weighted by molar-refractivity contribution is 7.09. The van der Waals surface area contributed by atoms with Crippen LogP contribution in [0, 0.1) is 6.92 Å². The third-order valence-electron chi connectivity index (χ3n) is 2.78. The molecule has 1 amide bonds. The number of carbonyl (C=O) groups is 1. The number of hydrogen-bond acceptors (Lipinski definition) is 5. The van der Waals surface area contributed by atoms with Gasteiger partial charge in [-0.1, -0.05) is 0 Å². The number of rotatable bonds is 5. The molecule has 1 heterocycles. The van der Waals surface area contributed by atoms with Crippen molar-refractivity contribution in [1.82, 2.24) is 4.98 Å². The van der Waals surface area contributed by atoms with Crippen LogP contribution < -0.4 is 15.8 Å². The first kappa shape index (κ1) is 17.2. The fourth-order valence-electron chi connectivity index (χ4n) is 1.75. The Hall–Kier alpha value is -2.13. The van der Waals surface area contributed by atoms with Gasteiger partial charge in [0.15, 0.2) is 6.61 Å². The number of aryl methyl sites for hydroxylation is 1. The first-order chi connectivity index (χ1) is 10.8. The lowest BCUT2D eigenvalue weighted by molar-refractivity contribution is -0.153. The summed E-state index contributed by atoms with van der Waals surface area (Å²) in [6, 6.07) is 4.37. The van der Waals surface area contributed by atoms with Crippen molar-refractivity contribution < 1.29 is 22.7 Å². The summed E-state index contributed by atoms with van der Waals surface area (Å²) >= 11 is 1.28. The quantitative estimate of drug-likeness (QED) is 0.873. The highest BCUT2D eigenvalue weighted by Crippen LogP contribution is 2.25. The lowest BCUT2D eigenvalue weighted by Gasteiger charge is -2.12. The van der Waals surface area contributed by atoms with E-state index in [1.807, 2.05) is 0 Å². The summed E-state index contributed by atoms with van der Waals surface area (Å²) in [6.07, 6.45) is -4.40. The van der Waals surface area contributed by atoms with Crippen LogP contribution >= 0.6 is 11.3 Å². The van der Waals surface area contributed by atoms with Gasteiger partial charge in [0.25, 0.3) is 5.91 Å². The second kappa shape index (κ2) is 6.97. The zero-order chi connectivity index (χ0) is 17.0. The highest BCUT2D eigenvalue weighted by Gasteiger charge is 2.28. The van der Waals surface area contributed by atoms with Gasteiger partial charge in [-0.15, -0.1) is 11.3 Å². The summed E-state index contributed by atoms with van der Waals surface area (Å²) in [5.41, 5.74) is 6.59. The molecule has 2 aromatic rings. The third kappa shape index (κ3) is 4.93. The molecule has 0 bridgehead atoms. The Bertz CT molecular complexity index is 701.